The molecule has 0 atom stereocenters. The second kappa shape index (κ2) is 6.36. The molecular weight excluding hydrogens is 244 g/mol. The van der Waals surface area contributed by atoms with Gasteiger partial charge in [0.05, 0.1) is 7.11 Å². The van der Waals surface area contributed by atoms with Crippen molar-refractivity contribution in [2.24, 2.45) is 0 Å². The van der Waals surface area contributed by atoms with Crippen molar-refractivity contribution in [3.05, 3.63) is 54.1 Å². The first-order valence-electron chi connectivity index (χ1n) is 5.83. The van der Waals surface area contributed by atoms with E-state index in [0.717, 1.165) is 12.2 Å². The molecule has 3 heteroatoms. The SMILES string of the molecule is COc1cc(CCSc2ccccc2)ccc1O. The summed E-state index contributed by atoms with van der Waals surface area (Å²) < 4.78 is 5.09. The third kappa shape index (κ3) is 3.44. The normalized spacial score (nSPS) is 10.3. The molecule has 0 amide bonds. The lowest BCUT2D eigenvalue weighted by atomic mass is 10.1. The predicted molar refractivity (Wildman–Crippen MR) is 75.5 cm³/mol. The van der Waals surface area contributed by atoms with Gasteiger partial charge in [-0.15, -0.1) is 11.8 Å². The van der Waals surface area contributed by atoms with E-state index >= 15 is 0 Å². The Hall–Kier alpha value is -1.61. The molecule has 0 fully saturated rings. The molecule has 2 rings (SSSR count). The van der Waals surface area contributed by atoms with E-state index in [0.29, 0.717) is 5.75 Å². The summed E-state index contributed by atoms with van der Waals surface area (Å²) in [4.78, 5) is 1.28. The number of ether oxygens (including phenoxy) is 1. The summed E-state index contributed by atoms with van der Waals surface area (Å²) in [5.41, 5.74) is 1.17. The van der Waals surface area contributed by atoms with Crippen LogP contribution < -0.4 is 4.74 Å². The van der Waals surface area contributed by atoms with Crippen molar-refractivity contribution in [3.8, 4) is 11.5 Å². The van der Waals surface area contributed by atoms with Crippen molar-refractivity contribution in [1.82, 2.24) is 0 Å². The van der Waals surface area contributed by atoms with Crippen LogP contribution in [0.4, 0.5) is 0 Å². The van der Waals surface area contributed by atoms with Gasteiger partial charge in [-0.1, -0.05) is 24.3 Å². The molecule has 18 heavy (non-hydrogen) atoms. The third-order valence-corrected chi connectivity index (χ3v) is 3.66. The van der Waals surface area contributed by atoms with Crippen LogP contribution in [0.15, 0.2) is 53.4 Å². The molecule has 0 aliphatic rings. The van der Waals surface area contributed by atoms with Crippen LogP contribution in [-0.4, -0.2) is 18.0 Å². The molecule has 0 saturated carbocycles. The lowest BCUT2D eigenvalue weighted by Crippen LogP contribution is -1.91. The van der Waals surface area contributed by atoms with Crippen molar-refractivity contribution >= 4 is 11.8 Å². The summed E-state index contributed by atoms with van der Waals surface area (Å²) in [5.74, 6) is 1.74. The summed E-state index contributed by atoms with van der Waals surface area (Å²) in [7, 11) is 1.57. The van der Waals surface area contributed by atoms with Crippen molar-refractivity contribution in [2.75, 3.05) is 12.9 Å². The first-order chi connectivity index (χ1) is 8.79. The van der Waals surface area contributed by atoms with Gasteiger partial charge in [0.2, 0.25) is 0 Å². The molecule has 0 aliphatic carbocycles. The van der Waals surface area contributed by atoms with Crippen molar-refractivity contribution in [1.29, 1.82) is 0 Å². The average molecular weight is 260 g/mol. The fraction of sp³-hybridized carbons (Fsp3) is 0.200. The first kappa shape index (κ1) is 12.8. The highest BCUT2D eigenvalue weighted by atomic mass is 32.2. The largest absolute Gasteiger partial charge is 0.504 e. The van der Waals surface area contributed by atoms with Gasteiger partial charge in [0.25, 0.3) is 0 Å². The highest BCUT2D eigenvalue weighted by Crippen LogP contribution is 2.27. The van der Waals surface area contributed by atoms with Gasteiger partial charge >= 0.3 is 0 Å². The standard InChI is InChI=1S/C15H16O2S/c1-17-15-11-12(7-8-14(15)16)9-10-18-13-5-3-2-4-6-13/h2-8,11,16H,9-10H2,1H3. The van der Waals surface area contributed by atoms with E-state index in [1.807, 2.05) is 42.1 Å². The lowest BCUT2D eigenvalue weighted by Gasteiger charge is -2.06. The number of methoxy groups -OCH3 is 1. The van der Waals surface area contributed by atoms with Gasteiger partial charge in [0, 0.05) is 10.6 Å². The monoisotopic (exact) mass is 260 g/mol. The highest BCUT2D eigenvalue weighted by molar-refractivity contribution is 7.99. The molecular formula is C15H16O2S. The Morgan fingerprint density at radius 3 is 2.61 bits per heavy atom. The summed E-state index contributed by atoms with van der Waals surface area (Å²) in [5, 5.41) is 9.51. The number of thioether (sulfide) groups is 1. The van der Waals surface area contributed by atoms with Crippen LogP contribution in [-0.2, 0) is 6.42 Å². The van der Waals surface area contributed by atoms with E-state index in [2.05, 4.69) is 12.1 Å². The molecule has 0 spiro atoms. The molecule has 1 N–H and O–H groups in total. The van der Waals surface area contributed by atoms with Crippen LogP contribution in [0, 0.1) is 0 Å². The van der Waals surface area contributed by atoms with Crippen molar-refractivity contribution < 1.29 is 9.84 Å². The molecule has 0 unspecified atom stereocenters. The van der Waals surface area contributed by atoms with E-state index < -0.39 is 0 Å². The Labute approximate surface area is 112 Å². The van der Waals surface area contributed by atoms with Crippen LogP contribution in [0.2, 0.25) is 0 Å². The van der Waals surface area contributed by atoms with Crippen molar-refractivity contribution in [2.45, 2.75) is 11.3 Å². The van der Waals surface area contributed by atoms with E-state index in [-0.39, 0.29) is 5.75 Å². The first-order valence-corrected chi connectivity index (χ1v) is 6.82. The zero-order valence-electron chi connectivity index (χ0n) is 10.3. The molecule has 0 radical (unpaired) electrons. The van der Waals surface area contributed by atoms with Crippen LogP contribution in [0.1, 0.15) is 5.56 Å². The van der Waals surface area contributed by atoms with Gasteiger partial charge in [-0.3, -0.25) is 0 Å². The maximum Gasteiger partial charge on any atom is 0.160 e. The quantitative estimate of drug-likeness (QED) is 0.830. The van der Waals surface area contributed by atoms with E-state index in [9.17, 15) is 5.11 Å². The molecule has 2 nitrogen and oxygen atoms in total. The predicted octanol–water partition coefficient (Wildman–Crippen LogP) is 3.74. The summed E-state index contributed by atoms with van der Waals surface area (Å²) >= 11 is 1.83. The number of aryl methyl sites for hydroxylation is 1. The summed E-state index contributed by atoms with van der Waals surface area (Å²) in [6, 6.07) is 15.8. The Kier molecular flexibility index (Phi) is 4.53. The Balaban J connectivity index is 1.91. The topological polar surface area (TPSA) is 29.5 Å². The number of phenolic OH excluding ortho intramolecular Hbond substituents is 1. The zero-order valence-corrected chi connectivity index (χ0v) is 11.1. The minimum Gasteiger partial charge on any atom is -0.504 e. The second-order valence-electron chi connectivity index (χ2n) is 3.92. The summed E-state index contributed by atoms with van der Waals surface area (Å²) in [6.07, 6.45) is 0.955. The maximum absolute atomic E-state index is 9.51. The molecule has 0 saturated heterocycles. The Morgan fingerprint density at radius 2 is 1.89 bits per heavy atom. The second-order valence-corrected chi connectivity index (χ2v) is 5.09. The van der Waals surface area contributed by atoms with Crippen LogP contribution in [0.5, 0.6) is 11.5 Å². The van der Waals surface area contributed by atoms with Crippen LogP contribution in [0.25, 0.3) is 0 Å². The maximum atomic E-state index is 9.51. The molecule has 0 heterocycles. The number of phenols is 1. The van der Waals surface area contributed by atoms with E-state index in [4.69, 9.17) is 4.74 Å². The smallest absolute Gasteiger partial charge is 0.160 e. The molecule has 0 aliphatic heterocycles. The fourth-order valence-corrected chi connectivity index (χ4v) is 2.60. The van der Waals surface area contributed by atoms with E-state index in [1.54, 1.807) is 13.2 Å². The minimum atomic E-state index is 0.192. The molecule has 0 bridgehead atoms. The van der Waals surface area contributed by atoms with Crippen LogP contribution >= 0.6 is 11.8 Å². The highest BCUT2D eigenvalue weighted by Gasteiger charge is 2.02. The number of hydrogen-bond donors (Lipinski definition) is 1. The number of aromatic hydroxyl groups is 1. The molecule has 2 aromatic rings. The number of hydrogen-bond acceptors (Lipinski definition) is 3. The minimum absolute atomic E-state index is 0.192. The fourth-order valence-electron chi connectivity index (χ4n) is 1.68. The zero-order chi connectivity index (χ0) is 12.8. The Bertz CT molecular complexity index is 497. The summed E-state index contributed by atoms with van der Waals surface area (Å²) in [6.45, 7) is 0. The number of benzene rings is 2. The Morgan fingerprint density at radius 1 is 1.11 bits per heavy atom. The lowest BCUT2D eigenvalue weighted by molar-refractivity contribution is 0.373. The average Bonchev–Trinajstić information content (AvgIpc) is 2.42. The number of rotatable bonds is 5. The van der Waals surface area contributed by atoms with Gasteiger partial charge in [-0.2, -0.15) is 0 Å². The molecule has 0 aromatic heterocycles. The van der Waals surface area contributed by atoms with Crippen LogP contribution in [0.3, 0.4) is 0 Å². The van der Waals surface area contributed by atoms with Gasteiger partial charge in [0.15, 0.2) is 11.5 Å². The van der Waals surface area contributed by atoms with Gasteiger partial charge in [-0.25, -0.2) is 0 Å². The van der Waals surface area contributed by atoms with Crippen molar-refractivity contribution in [3.63, 3.8) is 0 Å². The van der Waals surface area contributed by atoms with Gasteiger partial charge in [-0.05, 0) is 36.2 Å². The van der Waals surface area contributed by atoms with Gasteiger partial charge < -0.3 is 9.84 Å². The van der Waals surface area contributed by atoms with Gasteiger partial charge in [0.1, 0.15) is 0 Å². The van der Waals surface area contributed by atoms with E-state index in [1.165, 1.54) is 10.5 Å². The molecule has 94 valence electrons. The molecule has 2 aromatic carbocycles. The third-order valence-electron chi connectivity index (χ3n) is 2.65.